The second-order valence-corrected chi connectivity index (χ2v) is 13.7. The van der Waals surface area contributed by atoms with Crippen molar-refractivity contribution in [1.29, 1.82) is 0 Å². The number of nitrogens with one attached hydrogen (secondary N) is 1. The van der Waals surface area contributed by atoms with Gasteiger partial charge in [0.05, 0.1) is 29.4 Å². The maximum atomic E-state index is 13.6. The van der Waals surface area contributed by atoms with E-state index in [0.29, 0.717) is 34.5 Å². The van der Waals surface area contributed by atoms with Crippen molar-refractivity contribution in [1.82, 2.24) is 20.1 Å². The Morgan fingerprint density at radius 1 is 1.15 bits per heavy atom. The summed E-state index contributed by atoms with van der Waals surface area (Å²) in [5, 5.41) is 3.74. The van der Waals surface area contributed by atoms with Gasteiger partial charge in [0.25, 0.3) is 5.91 Å². The van der Waals surface area contributed by atoms with Crippen LogP contribution in [0.1, 0.15) is 62.3 Å². The van der Waals surface area contributed by atoms with Crippen LogP contribution in [0.2, 0.25) is 5.02 Å². The van der Waals surface area contributed by atoms with E-state index in [1.165, 1.54) is 6.54 Å². The van der Waals surface area contributed by atoms with Gasteiger partial charge in [-0.25, -0.2) is 9.83 Å². The average Bonchev–Trinajstić information content (AvgIpc) is 3.22. The van der Waals surface area contributed by atoms with Gasteiger partial charge in [0.2, 0.25) is 5.69 Å². The van der Waals surface area contributed by atoms with Crippen molar-refractivity contribution in [3.05, 3.63) is 63.7 Å². The molecule has 4 aliphatic rings. The highest BCUT2D eigenvalue weighted by molar-refractivity contribution is 6.33. The molecule has 0 atom stereocenters. The van der Waals surface area contributed by atoms with Crippen molar-refractivity contribution in [2.75, 3.05) is 32.7 Å². The van der Waals surface area contributed by atoms with E-state index in [9.17, 15) is 4.79 Å². The fraction of sp³-hybridized carbons (Fsp3) is 0.545. The molecule has 2 aromatic rings. The zero-order chi connectivity index (χ0) is 28.9. The second-order valence-electron chi connectivity index (χ2n) is 13.3. The molecule has 2 saturated heterocycles. The van der Waals surface area contributed by atoms with Gasteiger partial charge in [-0.15, -0.1) is 0 Å². The van der Waals surface area contributed by atoms with E-state index in [0.717, 1.165) is 56.3 Å². The molecule has 3 fully saturated rings. The highest BCUT2D eigenvalue weighted by Crippen LogP contribution is 2.59. The summed E-state index contributed by atoms with van der Waals surface area (Å²) < 4.78 is 6.44. The van der Waals surface area contributed by atoms with Crippen LogP contribution in [0, 0.1) is 41.1 Å². The highest BCUT2D eigenvalue weighted by Gasteiger charge is 2.67. The molecule has 1 aliphatic carbocycles. The molecule has 1 saturated carbocycles. The Balaban J connectivity index is 1.11. The van der Waals surface area contributed by atoms with Gasteiger partial charge >= 0.3 is 0 Å². The second kappa shape index (κ2) is 10.6. The van der Waals surface area contributed by atoms with E-state index in [4.69, 9.17) is 27.9 Å². The molecule has 7 nitrogen and oxygen atoms in total. The van der Waals surface area contributed by atoms with Crippen molar-refractivity contribution in [2.24, 2.45) is 22.7 Å². The number of benzene rings is 1. The van der Waals surface area contributed by atoms with E-state index in [-0.39, 0.29) is 28.9 Å². The third kappa shape index (κ3) is 5.10. The number of fused-ring (bicyclic) bond motifs is 1. The Morgan fingerprint density at radius 2 is 1.88 bits per heavy atom. The first-order valence-corrected chi connectivity index (χ1v) is 15.0. The van der Waals surface area contributed by atoms with Crippen molar-refractivity contribution >= 4 is 23.2 Å². The number of aromatic nitrogens is 1. The van der Waals surface area contributed by atoms with Crippen LogP contribution < -0.4 is 10.1 Å². The van der Waals surface area contributed by atoms with Crippen molar-refractivity contribution in [3.8, 4) is 17.6 Å². The summed E-state index contributed by atoms with van der Waals surface area (Å²) in [5.74, 6) is 8.66. The van der Waals surface area contributed by atoms with Crippen LogP contribution >= 0.6 is 11.6 Å². The predicted molar refractivity (Wildman–Crippen MR) is 160 cm³/mol. The number of rotatable bonds is 5. The van der Waals surface area contributed by atoms with Crippen LogP contribution in [0.15, 0.2) is 30.3 Å². The molecule has 1 aromatic heterocycles. The van der Waals surface area contributed by atoms with Crippen LogP contribution in [-0.4, -0.2) is 65.6 Å². The van der Waals surface area contributed by atoms with E-state index in [1.54, 1.807) is 18.2 Å². The number of carbonyl (C=O) groups is 1. The normalized spacial score (nSPS) is 25.4. The molecular weight excluding hydrogens is 534 g/mol. The average molecular weight is 572 g/mol. The summed E-state index contributed by atoms with van der Waals surface area (Å²) in [7, 11) is 0. The van der Waals surface area contributed by atoms with Crippen LogP contribution in [0.5, 0.6) is 5.75 Å². The van der Waals surface area contributed by atoms with E-state index < -0.39 is 0 Å². The van der Waals surface area contributed by atoms with Gasteiger partial charge in [0.1, 0.15) is 17.5 Å². The minimum absolute atomic E-state index is 0.0232. The summed E-state index contributed by atoms with van der Waals surface area (Å²) in [6.07, 6.45) is 2.07. The zero-order valence-corrected chi connectivity index (χ0v) is 25.1. The van der Waals surface area contributed by atoms with Crippen LogP contribution in [0.25, 0.3) is 4.85 Å². The molecule has 41 heavy (non-hydrogen) atoms. The lowest BCUT2D eigenvalue weighted by Gasteiger charge is -2.65. The molecular formula is C33H38ClN5O2. The predicted octanol–water partition coefficient (Wildman–Crippen LogP) is 5.41. The zero-order valence-electron chi connectivity index (χ0n) is 24.3. The minimum Gasteiger partial charge on any atom is -0.489 e. The maximum Gasteiger partial charge on any atom is 0.256 e. The number of likely N-dealkylation sites (tertiary alicyclic amines) is 1. The van der Waals surface area contributed by atoms with E-state index in [2.05, 4.69) is 54.6 Å². The molecule has 214 valence electrons. The lowest BCUT2D eigenvalue weighted by molar-refractivity contribution is -0.199. The highest BCUT2D eigenvalue weighted by atomic mass is 35.5. The summed E-state index contributed by atoms with van der Waals surface area (Å²) in [6.45, 7) is 22.1. The first-order chi connectivity index (χ1) is 19.6. The summed E-state index contributed by atoms with van der Waals surface area (Å²) >= 11 is 6.26. The fourth-order valence-corrected chi connectivity index (χ4v) is 7.98. The lowest BCUT2D eigenvalue weighted by Crippen LogP contribution is -2.74. The first kappa shape index (κ1) is 28.0. The Morgan fingerprint density at radius 3 is 2.51 bits per heavy atom. The number of ether oxygens (including phenoxy) is 1. The number of carbonyl (C=O) groups excluding carboxylic acids is 1. The van der Waals surface area contributed by atoms with Gasteiger partial charge in [-0.05, 0) is 62.0 Å². The number of nitrogens with zero attached hydrogens (tertiary/aromatic N) is 4. The largest absolute Gasteiger partial charge is 0.489 e. The molecule has 0 spiro atoms. The fourth-order valence-electron chi connectivity index (χ4n) is 7.76. The first-order valence-electron chi connectivity index (χ1n) is 14.7. The third-order valence-corrected chi connectivity index (χ3v) is 9.83. The molecule has 0 radical (unpaired) electrons. The molecule has 4 heterocycles. The number of halogens is 1. The number of amides is 1. The van der Waals surface area contributed by atoms with Gasteiger partial charge < -0.3 is 19.9 Å². The molecule has 0 unspecified atom stereocenters. The minimum atomic E-state index is -0.307. The summed E-state index contributed by atoms with van der Waals surface area (Å²) in [4.78, 5) is 26.4. The molecule has 1 aromatic carbocycles. The Bertz CT molecular complexity index is 1440. The van der Waals surface area contributed by atoms with Gasteiger partial charge in [-0.2, -0.15) is 0 Å². The van der Waals surface area contributed by atoms with Gasteiger partial charge in [0.15, 0.2) is 0 Å². The Labute approximate surface area is 248 Å². The van der Waals surface area contributed by atoms with E-state index >= 15 is 0 Å². The monoisotopic (exact) mass is 571 g/mol. The van der Waals surface area contributed by atoms with Crippen molar-refractivity contribution in [3.63, 3.8) is 0 Å². The van der Waals surface area contributed by atoms with Gasteiger partial charge in [0, 0.05) is 42.4 Å². The number of hydrogen-bond acceptors (Lipinski definition) is 5. The smallest absolute Gasteiger partial charge is 0.256 e. The number of pyridine rings is 1. The summed E-state index contributed by atoms with van der Waals surface area (Å²) in [5.41, 5.74) is 2.02. The van der Waals surface area contributed by atoms with Gasteiger partial charge in [-0.1, -0.05) is 51.3 Å². The van der Waals surface area contributed by atoms with Crippen molar-refractivity contribution < 1.29 is 9.53 Å². The molecule has 0 bridgehead atoms. The standard InChI is InChI=1S/C33H38ClN5O2/c1-32(2)30(33(3,4)31(32)41-24-9-11-27(35-5)26(34)16-24)39-20-28-25(29(39)40)10-8-23(37-28)7-6-21-12-14-38(15-13-21)19-22-17-36-18-22/h8-11,16,21-22,30-31,36H,12-15,17-20H2,1-4H3. The Hall–Kier alpha value is -3.10. The van der Waals surface area contributed by atoms with E-state index in [1.807, 2.05) is 17.0 Å². The lowest BCUT2D eigenvalue weighted by atomic mass is 9.49. The van der Waals surface area contributed by atoms with Crippen molar-refractivity contribution in [2.45, 2.75) is 59.2 Å². The topological polar surface area (TPSA) is 62.1 Å². The molecule has 6 rings (SSSR count). The Kier molecular flexibility index (Phi) is 7.27. The molecule has 1 amide bonds. The quantitative estimate of drug-likeness (QED) is 0.384. The number of hydrogen-bond donors (Lipinski definition) is 1. The molecule has 8 heteroatoms. The van der Waals surface area contributed by atoms with Crippen LogP contribution in [0.3, 0.4) is 0 Å². The SMILES string of the molecule is [C-]#[N+]c1ccc(OC2C(C)(C)C(N3Cc4nc(C#CC5CCN(CC6CNC6)CC5)ccc4C3=O)C2(C)C)cc1Cl. The third-order valence-electron chi connectivity index (χ3n) is 9.53. The van der Waals surface area contributed by atoms with Crippen LogP contribution in [0.4, 0.5) is 5.69 Å². The molecule has 1 N–H and O–H groups in total. The van der Waals surface area contributed by atoms with Crippen LogP contribution in [-0.2, 0) is 6.54 Å². The summed E-state index contributed by atoms with van der Waals surface area (Å²) in [6, 6.07) is 8.94. The molecule has 3 aliphatic heterocycles. The van der Waals surface area contributed by atoms with Gasteiger partial charge in [-0.3, -0.25) is 4.79 Å². The maximum absolute atomic E-state index is 13.6. The number of piperidine rings is 1.